The third-order valence-electron chi connectivity index (χ3n) is 4.97. The Kier molecular flexibility index (Phi) is 5.41. The number of hydrogen-bond donors (Lipinski definition) is 2. The molecule has 2 N–H and O–H groups in total. The first-order valence-electron chi connectivity index (χ1n) is 9.06. The Bertz CT molecular complexity index is 1230. The van der Waals surface area contributed by atoms with E-state index in [0.717, 1.165) is 0 Å². The lowest BCUT2D eigenvalue weighted by atomic mass is 9.98. The number of benzene rings is 1. The molecule has 1 atom stereocenters. The number of pyridine rings is 1. The second-order valence-electron chi connectivity index (χ2n) is 6.96. The number of nitriles is 1. The zero-order chi connectivity index (χ0) is 21.3. The second-order valence-corrected chi connectivity index (χ2v) is 6.96. The van der Waals surface area contributed by atoms with Gasteiger partial charge in [0, 0.05) is 22.7 Å². The van der Waals surface area contributed by atoms with Gasteiger partial charge in [-0.05, 0) is 51.0 Å². The largest absolute Gasteiger partial charge is 0.346 e. The highest BCUT2D eigenvalue weighted by atomic mass is 19.1. The fourth-order valence-electron chi connectivity index (χ4n) is 3.33. The van der Waals surface area contributed by atoms with E-state index in [0.29, 0.717) is 39.1 Å². The molecule has 0 aliphatic rings. The minimum atomic E-state index is -0.507. The zero-order valence-corrected chi connectivity index (χ0v) is 16.6. The van der Waals surface area contributed by atoms with E-state index in [1.165, 1.54) is 18.3 Å². The average Bonchev–Trinajstić information content (AvgIpc) is 2.67. The summed E-state index contributed by atoms with van der Waals surface area (Å²) in [5.74, 6) is -0.382. The van der Waals surface area contributed by atoms with Gasteiger partial charge in [-0.1, -0.05) is 0 Å². The first kappa shape index (κ1) is 20.1. The molecule has 0 saturated heterocycles. The van der Waals surface area contributed by atoms with Crippen LogP contribution in [0.2, 0.25) is 0 Å². The van der Waals surface area contributed by atoms with Gasteiger partial charge in [-0.25, -0.2) is 14.4 Å². The van der Waals surface area contributed by atoms with Gasteiger partial charge in [0.2, 0.25) is 5.91 Å². The first-order chi connectivity index (χ1) is 13.7. The van der Waals surface area contributed by atoms with Gasteiger partial charge in [0.1, 0.15) is 11.9 Å². The number of amides is 1. The Morgan fingerprint density at radius 1 is 1.31 bits per heavy atom. The van der Waals surface area contributed by atoms with Crippen molar-refractivity contribution in [3.8, 4) is 6.07 Å². The molecule has 0 aliphatic heterocycles. The maximum absolute atomic E-state index is 14.0. The molecule has 3 rings (SSSR count). The molecule has 0 spiro atoms. The van der Waals surface area contributed by atoms with Crippen LogP contribution in [0.5, 0.6) is 0 Å². The standard InChI is InChI=1S/C21H20FN5O2/c1-10-15(21(29)27-17-6-5-16(22)11(2)19(10)17)7-18(28)25-13(4)20-24-9-14(8-23)12(3)26-20/h5-6,9,13H,7H2,1-4H3,(H,25,28)(H,27,29)/t13-/m0/s1. The third-order valence-corrected chi connectivity index (χ3v) is 4.97. The van der Waals surface area contributed by atoms with Crippen molar-refractivity contribution in [3.05, 3.63) is 68.3 Å². The SMILES string of the molecule is Cc1nc([C@H](C)NC(=O)Cc2c(C)c3c(C)c(F)ccc3[nH]c2=O)ncc1C#N. The maximum Gasteiger partial charge on any atom is 0.252 e. The Hall–Kier alpha value is -3.60. The normalized spacial score (nSPS) is 11.9. The van der Waals surface area contributed by atoms with Gasteiger partial charge in [0.05, 0.1) is 23.7 Å². The molecule has 0 aliphatic carbocycles. The van der Waals surface area contributed by atoms with Gasteiger partial charge < -0.3 is 10.3 Å². The van der Waals surface area contributed by atoms with E-state index in [9.17, 15) is 14.0 Å². The Balaban J connectivity index is 1.86. The predicted octanol–water partition coefficient (Wildman–Crippen LogP) is 2.67. The molecular formula is C21H20FN5O2. The van der Waals surface area contributed by atoms with Crippen LogP contribution in [0.25, 0.3) is 10.9 Å². The lowest BCUT2D eigenvalue weighted by Crippen LogP contribution is -2.31. The summed E-state index contributed by atoms with van der Waals surface area (Å²) >= 11 is 0. The van der Waals surface area contributed by atoms with E-state index < -0.39 is 6.04 Å². The smallest absolute Gasteiger partial charge is 0.252 e. The summed E-state index contributed by atoms with van der Waals surface area (Å²) in [7, 11) is 0. The molecule has 148 valence electrons. The van der Waals surface area contributed by atoms with Crippen LogP contribution in [0.15, 0.2) is 23.1 Å². The highest BCUT2D eigenvalue weighted by Crippen LogP contribution is 2.24. The fourth-order valence-corrected chi connectivity index (χ4v) is 3.33. The Morgan fingerprint density at radius 2 is 2.03 bits per heavy atom. The van der Waals surface area contributed by atoms with Crippen LogP contribution in [-0.4, -0.2) is 20.9 Å². The summed E-state index contributed by atoms with van der Waals surface area (Å²) in [5, 5.41) is 12.3. The fraction of sp³-hybridized carbons (Fsp3) is 0.286. The summed E-state index contributed by atoms with van der Waals surface area (Å²) in [6.07, 6.45) is 1.25. The Labute approximate surface area is 166 Å². The molecule has 1 aromatic carbocycles. The predicted molar refractivity (Wildman–Crippen MR) is 106 cm³/mol. The van der Waals surface area contributed by atoms with Crippen molar-refractivity contribution in [3.63, 3.8) is 0 Å². The number of carbonyl (C=O) groups is 1. The highest BCUT2D eigenvalue weighted by Gasteiger charge is 2.18. The number of carbonyl (C=O) groups excluding carboxylic acids is 1. The first-order valence-corrected chi connectivity index (χ1v) is 9.06. The van der Waals surface area contributed by atoms with Gasteiger partial charge in [-0.3, -0.25) is 9.59 Å². The highest BCUT2D eigenvalue weighted by molar-refractivity contribution is 5.88. The number of nitrogens with zero attached hydrogens (tertiary/aromatic N) is 3. The molecule has 2 heterocycles. The number of H-pyrrole nitrogens is 1. The molecule has 1 amide bonds. The summed E-state index contributed by atoms with van der Waals surface area (Å²) in [4.78, 5) is 36.1. The van der Waals surface area contributed by atoms with Crippen molar-refractivity contribution in [2.45, 2.75) is 40.2 Å². The number of aryl methyl sites for hydroxylation is 3. The van der Waals surface area contributed by atoms with Crippen LogP contribution in [0, 0.1) is 37.9 Å². The van der Waals surface area contributed by atoms with Crippen molar-refractivity contribution in [2.24, 2.45) is 0 Å². The van der Waals surface area contributed by atoms with Crippen molar-refractivity contribution in [1.82, 2.24) is 20.3 Å². The molecule has 0 bridgehead atoms. The van der Waals surface area contributed by atoms with Crippen LogP contribution < -0.4 is 10.9 Å². The van der Waals surface area contributed by atoms with Gasteiger partial charge in [-0.15, -0.1) is 0 Å². The topological polar surface area (TPSA) is 112 Å². The monoisotopic (exact) mass is 393 g/mol. The summed E-state index contributed by atoms with van der Waals surface area (Å²) < 4.78 is 14.0. The van der Waals surface area contributed by atoms with E-state index in [-0.39, 0.29) is 29.3 Å². The lowest BCUT2D eigenvalue weighted by Gasteiger charge is -2.15. The molecule has 29 heavy (non-hydrogen) atoms. The minimum Gasteiger partial charge on any atom is -0.346 e. The molecule has 0 unspecified atom stereocenters. The van der Waals surface area contributed by atoms with Gasteiger partial charge in [0.15, 0.2) is 5.82 Å². The summed E-state index contributed by atoms with van der Waals surface area (Å²) in [6.45, 7) is 6.76. The van der Waals surface area contributed by atoms with Crippen LogP contribution >= 0.6 is 0 Å². The van der Waals surface area contributed by atoms with Crippen molar-refractivity contribution in [2.75, 3.05) is 0 Å². The summed E-state index contributed by atoms with van der Waals surface area (Å²) in [6, 6.07) is 4.31. The van der Waals surface area contributed by atoms with E-state index in [1.807, 2.05) is 6.07 Å². The quantitative estimate of drug-likeness (QED) is 0.708. The zero-order valence-electron chi connectivity index (χ0n) is 16.6. The number of halogens is 1. The molecule has 0 radical (unpaired) electrons. The Morgan fingerprint density at radius 3 is 2.69 bits per heavy atom. The van der Waals surface area contributed by atoms with E-state index in [4.69, 9.17) is 5.26 Å². The molecule has 8 heteroatoms. The van der Waals surface area contributed by atoms with Crippen molar-refractivity contribution in [1.29, 1.82) is 5.26 Å². The van der Waals surface area contributed by atoms with Gasteiger partial charge >= 0.3 is 0 Å². The number of hydrogen-bond acceptors (Lipinski definition) is 5. The third kappa shape index (κ3) is 3.85. The number of rotatable bonds is 4. The second kappa shape index (κ2) is 7.80. The number of fused-ring (bicyclic) bond motifs is 1. The average molecular weight is 393 g/mol. The van der Waals surface area contributed by atoms with Crippen molar-refractivity contribution >= 4 is 16.8 Å². The van der Waals surface area contributed by atoms with Crippen LogP contribution in [0.4, 0.5) is 4.39 Å². The molecule has 0 saturated carbocycles. The molecule has 2 aromatic heterocycles. The minimum absolute atomic E-state index is 0.160. The van der Waals surface area contributed by atoms with E-state index in [1.54, 1.807) is 27.7 Å². The number of nitrogens with one attached hydrogen (secondary N) is 2. The van der Waals surface area contributed by atoms with Gasteiger partial charge in [-0.2, -0.15) is 5.26 Å². The molecule has 3 aromatic rings. The van der Waals surface area contributed by atoms with E-state index in [2.05, 4.69) is 20.3 Å². The van der Waals surface area contributed by atoms with Crippen LogP contribution in [-0.2, 0) is 11.2 Å². The van der Waals surface area contributed by atoms with Crippen LogP contribution in [0.1, 0.15) is 46.7 Å². The number of aromatic amines is 1. The lowest BCUT2D eigenvalue weighted by molar-refractivity contribution is -0.121. The van der Waals surface area contributed by atoms with Gasteiger partial charge in [0.25, 0.3) is 5.56 Å². The summed E-state index contributed by atoms with van der Waals surface area (Å²) in [5.41, 5.74) is 2.33. The molecule has 0 fully saturated rings. The van der Waals surface area contributed by atoms with Crippen LogP contribution in [0.3, 0.4) is 0 Å². The van der Waals surface area contributed by atoms with Crippen molar-refractivity contribution < 1.29 is 9.18 Å². The molecular weight excluding hydrogens is 373 g/mol. The molecule has 7 nitrogen and oxygen atoms in total. The number of aromatic nitrogens is 3. The maximum atomic E-state index is 14.0. The van der Waals surface area contributed by atoms with E-state index >= 15 is 0 Å².